The van der Waals surface area contributed by atoms with Crippen LogP contribution in [0.25, 0.3) is 11.3 Å². The summed E-state index contributed by atoms with van der Waals surface area (Å²) in [7, 11) is 1.89. The molecule has 0 saturated carbocycles. The maximum absolute atomic E-state index is 13.0. The molecule has 1 atom stereocenters. The molecule has 1 aliphatic heterocycles. The quantitative estimate of drug-likeness (QED) is 0.630. The second kappa shape index (κ2) is 10.2. The smallest absolute Gasteiger partial charge is 0.242 e. The maximum atomic E-state index is 13.0. The van der Waals surface area contributed by atoms with Gasteiger partial charge in [-0.15, -0.1) is 0 Å². The van der Waals surface area contributed by atoms with Gasteiger partial charge in [0.15, 0.2) is 0 Å². The standard InChI is InChI=1S/C21H28FN5O2/c1-27(14-20(28)24-18-6-2-3-11-23-21(18)29)12-4-5-17-13-19(26-25-17)15-7-9-16(22)10-8-15/h7-10,13,18H,2-6,11-12,14H2,1H3,(H,23,29)(H,24,28)(H,25,26). The number of hydrogen-bond acceptors (Lipinski definition) is 4. The molecular formula is C21H28FN5O2. The van der Waals surface area contributed by atoms with Gasteiger partial charge in [-0.1, -0.05) is 0 Å². The summed E-state index contributed by atoms with van der Waals surface area (Å²) in [6.07, 6.45) is 4.24. The van der Waals surface area contributed by atoms with Crippen LogP contribution in [0.15, 0.2) is 30.3 Å². The Bertz CT molecular complexity index is 821. The Hall–Kier alpha value is -2.74. The number of nitrogens with zero attached hydrogens (tertiary/aromatic N) is 2. The van der Waals surface area contributed by atoms with E-state index in [2.05, 4.69) is 20.8 Å². The van der Waals surface area contributed by atoms with Crippen LogP contribution >= 0.6 is 0 Å². The number of nitrogens with one attached hydrogen (secondary N) is 3. The molecule has 1 aromatic heterocycles. The van der Waals surface area contributed by atoms with Crippen LogP contribution in [0.2, 0.25) is 0 Å². The molecule has 156 valence electrons. The third-order valence-electron chi connectivity index (χ3n) is 5.04. The third kappa shape index (κ3) is 6.39. The normalized spacial score (nSPS) is 17.1. The van der Waals surface area contributed by atoms with E-state index in [1.165, 1.54) is 12.1 Å². The molecule has 29 heavy (non-hydrogen) atoms. The fourth-order valence-corrected chi connectivity index (χ4v) is 3.44. The molecule has 0 aliphatic carbocycles. The van der Waals surface area contributed by atoms with Crippen LogP contribution in [0.4, 0.5) is 4.39 Å². The first-order valence-corrected chi connectivity index (χ1v) is 10.1. The zero-order valence-corrected chi connectivity index (χ0v) is 16.7. The summed E-state index contributed by atoms with van der Waals surface area (Å²) >= 11 is 0. The van der Waals surface area contributed by atoms with Crippen LogP contribution in [0, 0.1) is 5.82 Å². The predicted molar refractivity (Wildman–Crippen MR) is 109 cm³/mol. The van der Waals surface area contributed by atoms with Crippen LogP contribution in [0.5, 0.6) is 0 Å². The van der Waals surface area contributed by atoms with Gasteiger partial charge >= 0.3 is 0 Å². The summed E-state index contributed by atoms with van der Waals surface area (Å²) in [6, 6.07) is 7.79. The van der Waals surface area contributed by atoms with Gasteiger partial charge < -0.3 is 10.6 Å². The van der Waals surface area contributed by atoms with Crippen molar-refractivity contribution in [1.82, 2.24) is 25.7 Å². The first-order chi connectivity index (χ1) is 14.0. The zero-order chi connectivity index (χ0) is 20.6. The van der Waals surface area contributed by atoms with Gasteiger partial charge in [0.2, 0.25) is 11.8 Å². The van der Waals surface area contributed by atoms with Crippen molar-refractivity contribution in [3.05, 3.63) is 41.8 Å². The second-order valence-corrected chi connectivity index (χ2v) is 7.53. The number of hydrogen-bond donors (Lipinski definition) is 3. The number of halogens is 1. The first kappa shape index (κ1) is 21.0. The molecule has 1 saturated heterocycles. The molecule has 0 radical (unpaired) electrons. The van der Waals surface area contributed by atoms with Crippen LogP contribution < -0.4 is 10.6 Å². The van der Waals surface area contributed by atoms with E-state index in [9.17, 15) is 14.0 Å². The lowest BCUT2D eigenvalue weighted by Gasteiger charge is -2.19. The number of likely N-dealkylation sites (N-methyl/N-ethyl adjacent to an activating group) is 1. The summed E-state index contributed by atoms with van der Waals surface area (Å²) in [6.45, 7) is 1.68. The minimum atomic E-state index is -0.423. The number of aryl methyl sites for hydroxylation is 1. The highest BCUT2D eigenvalue weighted by atomic mass is 19.1. The van der Waals surface area contributed by atoms with Gasteiger partial charge in [0.1, 0.15) is 11.9 Å². The van der Waals surface area contributed by atoms with Crippen molar-refractivity contribution in [3.8, 4) is 11.3 Å². The average molecular weight is 401 g/mol. The summed E-state index contributed by atoms with van der Waals surface area (Å²) in [5.41, 5.74) is 2.65. The topological polar surface area (TPSA) is 90.1 Å². The minimum Gasteiger partial charge on any atom is -0.354 e. The Kier molecular flexibility index (Phi) is 7.35. The van der Waals surface area contributed by atoms with Gasteiger partial charge in [-0.25, -0.2) is 4.39 Å². The van der Waals surface area contributed by atoms with Crippen molar-refractivity contribution in [3.63, 3.8) is 0 Å². The lowest BCUT2D eigenvalue weighted by Crippen LogP contribution is -2.48. The molecule has 1 unspecified atom stereocenters. The Labute approximate surface area is 170 Å². The largest absolute Gasteiger partial charge is 0.354 e. The van der Waals surface area contributed by atoms with Gasteiger partial charge in [0.05, 0.1) is 12.2 Å². The van der Waals surface area contributed by atoms with Crippen LogP contribution in [-0.4, -0.2) is 59.6 Å². The summed E-state index contributed by atoms with van der Waals surface area (Å²) in [4.78, 5) is 26.1. The van der Waals surface area contributed by atoms with E-state index in [4.69, 9.17) is 0 Å². The van der Waals surface area contributed by atoms with Crippen molar-refractivity contribution in [2.24, 2.45) is 0 Å². The SMILES string of the molecule is CN(CCCc1cc(-c2ccc(F)cc2)n[nH]1)CC(=O)NC1CCCCNC1=O. The highest BCUT2D eigenvalue weighted by molar-refractivity contribution is 5.88. The summed E-state index contributed by atoms with van der Waals surface area (Å²) in [5, 5.41) is 13.0. The van der Waals surface area contributed by atoms with Crippen LogP contribution in [0.1, 0.15) is 31.4 Å². The predicted octanol–water partition coefficient (Wildman–Crippen LogP) is 1.87. The Morgan fingerprint density at radius 3 is 2.90 bits per heavy atom. The Morgan fingerprint density at radius 1 is 1.31 bits per heavy atom. The Morgan fingerprint density at radius 2 is 2.10 bits per heavy atom. The van der Waals surface area contributed by atoms with Gasteiger partial charge in [-0.3, -0.25) is 19.6 Å². The molecule has 1 aromatic carbocycles. The van der Waals surface area contributed by atoms with E-state index in [1.54, 1.807) is 12.1 Å². The van der Waals surface area contributed by atoms with Crippen molar-refractivity contribution in [2.75, 3.05) is 26.7 Å². The molecule has 8 heteroatoms. The van der Waals surface area contributed by atoms with Gasteiger partial charge in [-0.2, -0.15) is 5.10 Å². The molecule has 7 nitrogen and oxygen atoms in total. The van der Waals surface area contributed by atoms with Gasteiger partial charge in [0.25, 0.3) is 0 Å². The molecule has 2 aromatic rings. The van der Waals surface area contributed by atoms with E-state index in [0.717, 1.165) is 49.2 Å². The number of aromatic amines is 1. The molecule has 0 spiro atoms. The maximum Gasteiger partial charge on any atom is 0.242 e. The van der Waals surface area contributed by atoms with E-state index in [-0.39, 0.29) is 24.2 Å². The van der Waals surface area contributed by atoms with Gasteiger partial charge in [-0.05, 0) is 76.0 Å². The molecular weight excluding hydrogens is 373 g/mol. The highest BCUT2D eigenvalue weighted by Crippen LogP contribution is 2.18. The fraction of sp³-hybridized carbons (Fsp3) is 0.476. The van der Waals surface area contributed by atoms with E-state index < -0.39 is 6.04 Å². The average Bonchev–Trinajstić information content (AvgIpc) is 3.06. The number of amides is 2. The molecule has 3 N–H and O–H groups in total. The lowest BCUT2D eigenvalue weighted by molar-refractivity contribution is -0.129. The first-order valence-electron chi connectivity index (χ1n) is 10.1. The minimum absolute atomic E-state index is 0.0882. The van der Waals surface area contributed by atoms with E-state index in [1.807, 2.05) is 18.0 Å². The monoisotopic (exact) mass is 401 g/mol. The molecule has 1 fully saturated rings. The molecule has 2 amide bonds. The fourth-order valence-electron chi connectivity index (χ4n) is 3.44. The second-order valence-electron chi connectivity index (χ2n) is 7.53. The van der Waals surface area contributed by atoms with E-state index in [0.29, 0.717) is 13.0 Å². The molecule has 0 bridgehead atoms. The number of aromatic nitrogens is 2. The number of carbonyl (C=O) groups excluding carboxylic acids is 2. The summed E-state index contributed by atoms with van der Waals surface area (Å²) in [5.74, 6) is -0.486. The molecule has 1 aliphatic rings. The number of rotatable bonds is 8. The van der Waals surface area contributed by atoms with Crippen molar-refractivity contribution in [1.29, 1.82) is 0 Å². The highest BCUT2D eigenvalue weighted by Gasteiger charge is 2.22. The third-order valence-corrected chi connectivity index (χ3v) is 5.04. The van der Waals surface area contributed by atoms with E-state index >= 15 is 0 Å². The lowest BCUT2D eigenvalue weighted by atomic mass is 10.1. The Balaban J connectivity index is 1.39. The molecule has 2 heterocycles. The van der Waals surface area contributed by atoms with Crippen molar-refractivity contribution >= 4 is 11.8 Å². The van der Waals surface area contributed by atoms with Crippen LogP contribution in [-0.2, 0) is 16.0 Å². The van der Waals surface area contributed by atoms with Crippen molar-refractivity contribution < 1.29 is 14.0 Å². The zero-order valence-electron chi connectivity index (χ0n) is 16.7. The van der Waals surface area contributed by atoms with Crippen LogP contribution in [0.3, 0.4) is 0 Å². The molecule has 3 rings (SSSR count). The summed E-state index contributed by atoms with van der Waals surface area (Å²) < 4.78 is 13.0. The number of carbonyl (C=O) groups is 2. The number of H-pyrrole nitrogens is 1. The number of benzene rings is 1. The van der Waals surface area contributed by atoms with Gasteiger partial charge in [0, 0.05) is 17.8 Å². The van der Waals surface area contributed by atoms with Crippen molar-refractivity contribution in [2.45, 2.75) is 38.1 Å².